The van der Waals surface area contributed by atoms with Crippen LogP contribution in [0.25, 0.3) is 10.2 Å². The van der Waals surface area contributed by atoms with E-state index in [0.717, 1.165) is 15.3 Å². The molecule has 1 aliphatic rings. The maximum Gasteiger partial charge on any atom is 0.259 e. The van der Waals surface area contributed by atoms with E-state index < -0.39 is 10.0 Å². The molecular weight excluding hydrogens is 432 g/mol. The number of thiophene rings is 1. The van der Waals surface area contributed by atoms with Gasteiger partial charge in [-0.05, 0) is 33.3 Å². The van der Waals surface area contributed by atoms with Gasteiger partial charge in [0.2, 0.25) is 15.9 Å². The Kier molecular flexibility index (Phi) is 6.71. The highest BCUT2D eigenvalue weighted by molar-refractivity contribution is 7.99. The van der Waals surface area contributed by atoms with Crippen molar-refractivity contribution in [2.24, 2.45) is 0 Å². The fraction of sp³-hybridized carbons (Fsp3) is 0.611. The number of H-pyrrole nitrogens is 1. The van der Waals surface area contributed by atoms with E-state index in [1.54, 1.807) is 11.8 Å². The number of hydrogen-bond acceptors (Lipinski definition) is 7. The van der Waals surface area contributed by atoms with Crippen molar-refractivity contribution in [1.82, 2.24) is 19.2 Å². The molecule has 1 atom stereocenters. The lowest BCUT2D eigenvalue weighted by atomic mass is 10.2. The van der Waals surface area contributed by atoms with Gasteiger partial charge in [-0.25, -0.2) is 13.4 Å². The second-order valence-corrected chi connectivity index (χ2v) is 11.8. The number of amides is 1. The van der Waals surface area contributed by atoms with Crippen LogP contribution < -0.4 is 5.56 Å². The van der Waals surface area contributed by atoms with Gasteiger partial charge in [-0.15, -0.1) is 23.1 Å². The van der Waals surface area contributed by atoms with Crippen LogP contribution in [0.5, 0.6) is 0 Å². The van der Waals surface area contributed by atoms with Crippen LogP contribution in [0.1, 0.15) is 30.1 Å². The molecular formula is C18H26N4O4S3. The first-order valence-electron chi connectivity index (χ1n) is 9.51. The molecule has 2 aromatic rings. The second kappa shape index (κ2) is 8.75. The highest BCUT2D eigenvalue weighted by Gasteiger charge is 2.29. The van der Waals surface area contributed by atoms with Crippen LogP contribution in [0.2, 0.25) is 0 Å². The number of carbonyl (C=O) groups excluding carboxylic acids is 1. The van der Waals surface area contributed by atoms with Crippen molar-refractivity contribution >= 4 is 49.2 Å². The Labute approximate surface area is 178 Å². The summed E-state index contributed by atoms with van der Waals surface area (Å²) in [6, 6.07) is 0. The van der Waals surface area contributed by atoms with E-state index in [0.29, 0.717) is 43.1 Å². The number of fused-ring (bicyclic) bond motifs is 1. The van der Waals surface area contributed by atoms with Gasteiger partial charge in [0.1, 0.15) is 10.7 Å². The molecule has 2 aromatic heterocycles. The van der Waals surface area contributed by atoms with Crippen LogP contribution >= 0.6 is 23.1 Å². The molecule has 160 valence electrons. The Bertz CT molecular complexity index is 1070. The number of aromatic amines is 1. The van der Waals surface area contributed by atoms with E-state index >= 15 is 0 Å². The van der Waals surface area contributed by atoms with Crippen LogP contribution in [0, 0.1) is 13.8 Å². The Balaban J connectivity index is 1.60. The number of piperazine rings is 1. The Hall–Kier alpha value is -1.43. The smallest absolute Gasteiger partial charge is 0.259 e. The monoisotopic (exact) mass is 458 g/mol. The topological polar surface area (TPSA) is 103 Å². The molecule has 1 unspecified atom stereocenters. The number of rotatable bonds is 6. The normalized spacial score (nSPS) is 17.0. The highest BCUT2D eigenvalue weighted by Crippen LogP contribution is 2.26. The van der Waals surface area contributed by atoms with E-state index in [1.165, 1.54) is 27.4 Å². The predicted molar refractivity (Wildman–Crippen MR) is 118 cm³/mol. The van der Waals surface area contributed by atoms with Crippen molar-refractivity contribution in [1.29, 1.82) is 0 Å². The molecule has 3 heterocycles. The van der Waals surface area contributed by atoms with Gasteiger partial charge >= 0.3 is 0 Å². The molecule has 3 rings (SSSR count). The van der Waals surface area contributed by atoms with Gasteiger partial charge in [-0.2, -0.15) is 4.31 Å². The Morgan fingerprint density at radius 3 is 2.55 bits per heavy atom. The maximum absolute atomic E-state index is 12.7. The summed E-state index contributed by atoms with van der Waals surface area (Å²) in [5.74, 6) is 1.05. The van der Waals surface area contributed by atoms with E-state index in [-0.39, 0.29) is 22.5 Å². The molecule has 8 nitrogen and oxygen atoms in total. The molecule has 1 aliphatic heterocycles. The number of sulfonamides is 1. The number of aromatic nitrogens is 2. The average Bonchev–Trinajstić information content (AvgIpc) is 2.99. The fourth-order valence-corrected chi connectivity index (χ4v) is 6.24. The molecule has 1 fully saturated rings. The maximum atomic E-state index is 12.7. The van der Waals surface area contributed by atoms with Crippen LogP contribution in [0.15, 0.2) is 4.79 Å². The minimum atomic E-state index is -3.21. The Morgan fingerprint density at radius 1 is 1.28 bits per heavy atom. The molecule has 1 N–H and O–H groups in total. The van der Waals surface area contributed by atoms with Gasteiger partial charge in [-0.3, -0.25) is 9.59 Å². The zero-order chi connectivity index (χ0) is 21.3. The summed E-state index contributed by atoms with van der Waals surface area (Å²) in [6.07, 6.45) is 0. The number of nitrogens with one attached hydrogen (secondary N) is 1. The lowest BCUT2D eigenvalue weighted by Gasteiger charge is -2.35. The van der Waals surface area contributed by atoms with Crippen LogP contribution in [0.4, 0.5) is 0 Å². The molecule has 0 spiro atoms. The van der Waals surface area contributed by atoms with Gasteiger partial charge in [-0.1, -0.05) is 0 Å². The molecule has 0 radical (unpaired) electrons. The van der Waals surface area contributed by atoms with Gasteiger partial charge < -0.3 is 9.88 Å². The van der Waals surface area contributed by atoms with Gasteiger partial charge in [0.25, 0.3) is 5.56 Å². The molecule has 1 saturated heterocycles. The zero-order valence-corrected chi connectivity index (χ0v) is 19.5. The first-order valence-corrected chi connectivity index (χ1v) is 13.0. The number of hydrogen-bond donors (Lipinski definition) is 1. The summed E-state index contributed by atoms with van der Waals surface area (Å²) in [7, 11) is -3.21. The summed E-state index contributed by atoms with van der Waals surface area (Å²) in [5, 5.41) is 0.336. The molecule has 0 bridgehead atoms. The van der Waals surface area contributed by atoms with E-state index in [1.807, 2.05) is 20.8 Å². The molecule has 0 aromatic carbocycles. The van der Waals surface area contributed by atoms with Gasteiger partial charge in [0, 0.05) is 31.1 Å². The first-order chi connectivity index (χ1) is 13.6. The largest absolute Gasteiger partial charge is 0.339 e. The molecule has 11 heteroatoms. The quantitative estimate of drug-likeness (QED) is 0.707. The standard InChI is InChI=1S/C18H26N4O4S3/c1-5-29(25,26)22-8-6-21(7-9-22)18(24)13(4)27-10-14-19-16(23)15-11(2)12(3)28-17(15)20-14/h13H,5-10H2,1-4H3,(H,19,20,23). The molecule has 1 amide bonds. The third kappa shape index (κ3) is 4.68. The van der Waals surface area contributed by atoms with E-state index in [4.69, 9.17) is 0 Å². The third-order valence-electron chi connectivity index (χ3n) is 5.21. The number of carbonyl (C=O) groups is 1. The number of aryl methyl sites for hydroxylation is 2. The summed E-state index contributed by atoms with van der Waals surface area (Å²) < 4.78 is 25.3. The number of nitrogens with zero attached hydrogens (tertiary/aromatic N) is 3. The van der Waals surface area contributed by atoms with Crippen LogP contribution in [-0.2, 0) is 20.6 Å². The lowest BCUT2D eigenvalue weighted by Crippen LogP contribution is -2.52. The summed E-state index contributed by atoms with van der Waals surface area (Å²) in [6.45, 7) is 8.82. The Morgan fingerprint density at radius 2 is 1.93 bits per heavy atom. The first kappa shape index (κ1) is 22.3. The summed E-state index contributed by atoms with van der Waals surface area (Å²) in [5.41, 5.74) is 0.824. The zero-order valence-electron chi connectivity index (χ0n) is 17.0. The van der Waals surface area contributed by atoms with Crippen LogP contribution in [-0.4, -0.2) is 70.7 Å². The van der Waals surface area contributed by atoms with Gasteiger partial charge in [0.05, 0.1) is 22.1 Å². The van der Waals surface area contributed by atoms with Crippen molar-refractivity contribution in [3.8, 4) is 0 Å². The van der Waals surface area contributed by atoms with E-state index in [9.17, 15) is 18.0 Å². The van der Waals surface area contributed by atoms with Crippen molar-refractivity contribution in [3.05, 3.63) is 26.6 Å². The van der Waals surface area contributed by atoms with Crippen LogP contribution in [0.3, 0.4) is 0 Å². The van der Waals surface area contributed by atoms with Crippen molar-refractivity contribution in [3.63, 3.8) is 0 Å². The summed E-state index contributed by atoms with van der Waals surface area (Å²) >= 11 is 2.92. The third-order valence-corrected chi connectivity index (χ3v) is 9.34. The van der Waals surface area contributed by atoms with E-state index in [2.05, 4.69) is 9.97 Å². The van der Waals surface area contributed by atoms with Crippen molar-refractivity contribution in [2.75, 3.05) is 31.9 Å². The molecule has 0 saturated carbocycles. The molecule has 0 aliphatic carbocycles. The SMILES string of the molecule is CCS(=O)(=O)N1CCN(C(=O)C(C)SCc2nc3sc(C)c(C)c3c(=O)[nH]2)CC1. The average molecular weight is 459 g/mol. The number of thioether (sulfide) groups is 1. The van der Waals surface area contributed by atoms with Crippen molar-refractivity contribution in [2.45, 2.75) is 38.7 Å². The second-order valence-electron chi connectivity index (χ2n) is 7.05. The molecule has 29 heavy (non-hydrogen) atoms. The van der Waals surface area contributed by atoms with Crippen molar-refractivity contribution < 1.29 is 13.2 Å². The predicted octanol–water partition coefficient (Wildman–Crippen LogP) is 1.72. The summed E-state index contributed by atoms with van der Waals surface area (Å²) in [4.78, 5) is 36.0. The lowest BCUT2D eigenvalue weighted by molar-refractivity contribution is -0.131. The fourth-order valence-electron chi connectivity index (χ4n) is 3.27. The highest BCUT2D eigenvalue weighted by atomic mass is 32.2. The minimum absolute atomic E-state index is 0.0187. The van der Waals surface area contributed by atoms with Gasteiger partial charge in [0.15, 0.2) is 0 Å². The minimum Gasteiger partial charge on any atom is -0.339 e.